The van der Waals surface area contributed by atoms with E-state index >= 15 is 0 Å². The Labute approximate surface area is 87.4 Å². The first-order valence-electron chi connectivity index (χ1n) is 4.49. The van der Waals surface area contributed by atoms with Crippen molar-refractivity contribution >= 4 is 21.7 Å². The third kappa shape index (κ3) is 2.46. The van der Waals surface area contributed by atoms with Crippen LogP contribution >= 0.6 is 15.9 Å². The van der Waals surface area contributed by atoms with E-state index in [1.54, 1.807) is 6.20 Å². The van der Waals surface area contributed by atoms with Gasteiger partial charge in [0.2, 0.25) is 0 Å². The number of hydrogen-bond acceptors (Lipinski definition) is 2. The van der Waals surface area contributed by atoms with Crippen molar-refractivity contribution in [3.05, 3.63) is 10.7 Å². The van der Waals surface area contributed by atoms with E-state index in [0.29, 0.717) is 17.7 Å². The van der Waals surface area contributed by atoms with Crippen LogP contribution in [0.1, 0.15) is 20.8 Å². The van der Waals surface area contributed by atoms with Gasteiger partial charge in [0.1, 0.15) is 5.82 Å². The Bertz CT molecular complexity index is 280. The predicted octanol–water partition coefficient (Wildman–Crippen LogP) is 2.52. The van der Waals surface area contributed by atoms with Crippen LogP contribution in [0.3, 0.4) is 0 Å². The minimum atomic E-state index is 0.592. The fourth-order valence-corrected chi connectivity index (χ4v) is 1.30. The molecule has 0 aliphatic rings. The monoisotopic (exact) mass is 245 g/mol. The second kappa shape index (κ2) is 4.13. The van der Waals surface area contributed by atoms with E-state index in [4.69, 9.17) is 5.73 Å². The molecule has 3 nitrogen and oxygen atoms in total. The van der Waals surface area contributed by atoms with Gasteiger partial charge in [-0.2, -0.15) is 5.10 Å². The molecule has 1 rings (SSSR count). The molecule has 0 aromatic carbocycles. The lowest BCUT2D eigenvalue weighted by molar-refractivity contribution is 0.351. The lowest BCUT2D eigenvalue weighted by Crippen LogP contribution is -2.15. The molecule has 13 heavy (non-hydrogen) atoms. The van der Waals surface area contributed by atoms with Crippen molar-refractivity contribution in [2.24, 2.45) is 11.8 Å². The molecule has 0 aliphatic carbocycles. The Hall–Kier alpha value is -0.510. The first-order chi connectivity index (χ1) is 6.02. The summed E-state index contributed by atoms with van der Waals surface area (Å²) in [6.07, 6.45) is 1.74. The zero-order chi connectivity index (χ0) is 10.0. The summed E-state index contributed by atoms with van der Waals surface area (Å²) in [6.45, 7) is 7.51. The summed E-state index contributed by atoms with van der Waals surface area (Å²) in [5.41, 5.74) is 5.80. The Morgan fingerprint density at radius 3 is 2.54 bits per heavy atom. The zero-order valence-corrected chi connectivity index (χ0v) is 9.87. The largest absolute Gasteiger partial charge is 0.383 e. The summed E-state index contributed by atoms with van der Waals surface area (Å²) in [7, 11) is 0. The van der Waals surface area contributed by atoms with Crippen molar-refractivity contribution in [1.29, 1.82) is 0 Å². The van der Waals surface area contributed by atoms with Crippen LogP contribution in [0.15, 0.2) is 10.7 Å². The van der Waals surface area contributed by atoms with Gasteiger partial charge in [0.05, 0.1) is 10.7 Å². The average molecular weight is 246 g/mol. The Balaban J connectivity index is 2.69. The summed E-state index contributed by atoms with van der Waals surface area (Å²) >= 11 is 3.33. The maximum absolute atomic E-state index is 5.80. The van der Waals surface area contributed by atoms with Gasteiger partial charge < -0.3 is 5.73 Å². The van der Waals surface area contributed by atoms with Gasteiger partial charge in [0.25, 0.3) is 0 Å². The first kappa shape index (κ1) is 10.6. The molecule has 1 atom stereocenters. The van der Waals surface area contributed by atoms with Crippen molar-refractivity contribution in [2.45, 2.75) is 27.3 Å². The van der Waals surface area contributed by atoms with Crippen LogP contribution in [-0.2, 0) is 6.54 Å². The second-order valence-electron chi connectivity index (χ2n) is 3.78. The van der Waals surface area contributed by atoms with Gasteiger partial charge in [-0.05, 0) is 27.8 Å². The highest BCUT2D eigenvalue weighted by atomic mass is 79.9. The molecule has 1 heterocycles. The Morgan fingerprint density at radius 1 is 1.54 bits per heavy atom. The summed E-state index contributed by atoms with van der Waals surface area (Å²) < 4.78 is 2.72. The summed E-state index contributed by atoms with van der Waals surface area (Å²) in [5.74, 6) is 1.96. The molecule has 0 saturated heterocycles. The van der Waals surface area contributed by atoms with Crippen LogP contribution in [0.25, 0.3) is 0 Å². The molecule has 1 unspecified atom stereocenters. The molecule has 4 heteroatoms. The van der Waals surface area contributed by atoms with E-state index < -0.39 is 0 Å². The number of hydrogen-bond donors (Lipinski definition) is 1. The summed E-state index contributed by atoms with van der Waals surface area (Å²) in [5, 5.41) is 4.18. The zero-order valence-electron chi connectivity index (χ0n) is 8.29. The first-order valence-corrected chi connectivity index (χ1v) is 5.28. The molecular formula is C9H16BrN3. The lowest BCUT2D eigenvalue weighted by atomic mass is 9.98. The van der Waals surface area contributed by atoms with E-state index in [2.05, 4.69) is 41.8 Å². The van der Waals surface area contributed by atoms with E-state index in [9.17, 15) is 0 Å². The fourth-order valence-electron chi connectivity index (χ4n) is 1.00. The molecule has 74 valence electrons. The Morgan fingerprint density at radius 2 is 2.15 bits per heavy atom. The average Bonchev–Trinajstić information content (AvgIpc) is 2.36. The van der Waals surface area contributed by atoms with Gasteiger partial charge in [-0.1, -0.05) is 20.8 Å². The molecule has 2 N–H and O–H groups in total. The fraction of sp³-hybridized carbons (Fsp3) is 0.667. The van der Waals surface area contributed by atoms with Crippen LogP contribution in [0.5, 0.6) is 0 Å². The predicted molar refractivity (Wildman–Crippen MR) is 58.3 cm³/mol. The van der Waals surface area contributed by atoms with Gasteiger partial charge >= 0.3 is 0 Å². The highest BCUT2D eigenvalue weighted by molar-refractivity contribution is 9.10. The Kier molecular flexibility index (Phi) is 3.36. The number of anilines is 1. The SMILES string of the molecule is CC(C)C(C)Cn1ncc(Br)c1N. The quantitative estimate of drug-likeness (QED) is 0.890. The molecule has 0 saturated carbocycles. The smallest absolute Gasteiger partial charge is 0.136 e. The van der Waals surface area contributed by atoms with E-state index in [1.165, 1.54) is 0 Å². The van der Waals surface area contributed by atoms with Crippen LogP contribution in [0.2, 0.25) is 0 Å². The van der Waals surface area contributed by atoms with Crippen LogP contribution < -0.4 is 5.73 Å². The normalized spacial score (nSPS) is 13.6. The van der Waals surface area contributed by atoms with Crippen LogP contribution in [0.4, 0.5) is 5.82 Å². The third-order valence-corrected chi connectivity index (χ3v) is 3.04. The van der Waals surface area contributed by atoms with Gasteiger partial charge in [-0.15, -0.1) is 0 Å². The number of nitrogens with zero attached hydrogens (tertiary/aromatic N) is 2. The number of aromatic nitrogens is 2. The van der Waals surface area contributed by atoms with E-state index in [1.807, 2.05) is 4.68 Å². The molecule has 0 spiro atoms. The van der Waals surface area contributed by atoms with Gasteiger partial charge in [0.15, 0.2) is 0 Å². The number of nitrogens with two attached hydrogens (primary N) is 1. The van der Waals surface area contributed by atoms with Crippen molar-refractivity contribution in [3.63, 3.8) is 0 Å². The molecule has 0 fully saturated rings. The van der Waals surface area contributed by atoms with E-state index in [0.717, 1.165) is 11.0 Å². The molecule has 0 amide bonds. The standard InChI is InChI=1S/C9H16BrN3/c1-6(2)7(3)5-13-9(11)8(10)4-12-13/h4,6-7H,5,11H2,1-3H3. The molecule has 0 aliphatic heterocycles. The molecular weight excluding hydrogens is 230 g/mol. The van der Waals surface area contributed by atoms with Crippen molar-refractivity contribution in [3.8, 4) is 0 Å². The number of halogens is 1. The van der Waals surface area contributed by atoms with Gasteiger partial charge in [-0.3, -0.25) is 0 Å². The van der Waals surface area contributed by atoms with Gasteiger partial charge in [-0.25, -0.2) is 4.68 Å². The van der Waals surface area contributed by atoms with Crippen LogP contribution in [0, 0.1) is 11.8 Å². The minimum Gasteiger partial charge on any atom is -0.383 e. The maximum Gasteiger partial charge on any atom is 0.136 e. The van der Waals surface area contributed by atoms with Crippen molar-refractivity contribution in [1.82, 2.24) is 9.78 Å². The molecule has 1 aromatic rings. The number of rotatable bonds is 3. The van der Waals surface area contributed by atoms with Crippen molar-refractivity contribution < 1.29 is 0 Å². The highest BCUT2D eigenvalue weighted by Crippen LogP contribution is 2.20. The minimum absolute atomic E-state index is 0.592. The van der Waals surface area contributed by atoms with E-state index in [-0.39, 0.29) is 0 Å². The van der Waals surface area contributed by atoms with Crippen molar-refractivity contribution in [2.75, 3.05) is 5.73 Å². The molecule has 0 radical (unpaired) electrons. The maximum atomic E-state index is 5.80. The molecule has 0 bridgehead atoms. The highest BCUT2D eigenvalue weighted by Gasteiger charge is 2.11. The van der Waals surface area contributed by atoms with Gasteiger partial charge in [0, 0.05) is 6.54 Å². The third-order valence-electron chi connectivity index (χ3n) is 2.43. The lowest BCUT2D eigenvalue weighted by Gasteiger charge is -2.15. The second-order valence-corrected chi connectivity index (χ2v) is 4.64. The topological polar surface area (TPSA) is 43.8 Å². The summed E-state index contributed by atoms with van der Waals surface area (Å²) in [4.78, 5) is 0. The number of nitrogen functional groups attached to an aromatic ring is 1. The molecule has 1 aromatic heterocycles. The summed E-state index contributed by atoms with van der Waals surface area (Å²) in [6, 6.07) is 0. The van der Waals surface area contributed by atoms with Crippen LogP contribution in [-0.4, -0.2) is 9.78 Å².